The molecule has 0 saturated heterocycles. The van der Waals surface area contributed by atoms with Gasteiger partial charge in [-0.15, -0.1) is 0 Å². The molecule has 0 saturated carbocycles. The van der Waals surface area contributed by atoms with Gasteiger partial charge in [-0.3, -0.25) is 4.79 Å². The molecule has 2 aromatic carbocycles. The smallest absolute Gasteiger partial charge is 0.302 e. The number of carbonyl (C=O) groups is 1. The molecule has 2 N–H and O–H groups in total. The summed E-state index contributed by atoms with van der Waals surface area (Å²) in [7, 11) is 12.7. The summed E-state index contributed by atoms with van der Waals surface area (Å²) in [6, 6.07) is 11.9. The van der Waals surface area contributed by atoms with Crippen molar-refractivity contribution in [3.63, 3.8) is 0 Å². The molecular weight excluding hydrogens is 382 g/mol. The predicted molar refractivity (Wildman–Crippen MR) is 101 cm³/mol. The molecule has 2 aromatic rings. The number of ether oxygens (including phenoxy) is 1. The van der Waals surface area contributed by atoms with Crippen molar-refractivity contribution in [3.8, 4) is 0 Å². The summed E-state index contributed by atoms with van der Waals surface area (Å²) in [6.45, 7) is 0. The van der Waals surface area contributed by atoms with Crippen LogP contribution in [0.25, 0.3) is 0 Å². The Labute approximate surface area is 165 Å². The number of hydrogen-bond acceptors (Lipinski definition) is 6. The standard InChI is InChI=1S/C17H11B3FNO5S/c18-16(10-6-8-12(21)9-7-10)14(23)13(15(22)26-16)27-28(24,25)17(19,20)11-4-2-1-3-5-11/h1-9H,22H2/t16-/m0/s1. The van der Waals surface area contributed by atoms with Gasteiger partial charge in [0.05, 0.1) is 20.2 Å². The molecule has 0 aromatic heterocycles. The third-order valence-corrected chi connectivity index (χ3v) is 5.59. The van der Waals surface area contributed by atoms with Crippen molar-refractivity contribution in [2.24, 2.45) is 5.73 Å². The summed E-state index contributed by atoms with van der Waals surface area (Å²) in [5, 5.41) is 0. The molecule has 11 heteroatoms. The Hall–Kier alpha value is -2.68. The van der Waals surface area contributed by atoms with E-state index in [-0.39, 0.29) is 11.1 Å². The average molecular weight is 393 g/mol. The largest absolute Gasteiger partial charge is 0.467 e. The van der Waals surface area contributed by atoms with Crippen LogP contribution in [0, 0.1) is 5.82 Å². The van der Waals surface area contributed by atoms with Crippen LogP contribution < -0.4 is 5.73 Å². The van der Waals surface area contributed by atoms with Gasteiger partial charge < -0.3 is 14.7 Å². The molecule has 0 unspecified atom stereocenters. The van der Waals surface area contributed by atoms with Crippen molar-refractivity contribution in [2.75, 3.05) is 0 Å². The van der Waals surface area contributed by atoms with Crippen LogP contribution in [-0.4, -0.2) is 37.7 Å². The van der Waals surface area contributed by atoms with E-state index in [0.29, 0.717) is 0 Å². The SMILES string of the molecule is [B]C([B])(c1ccccc1)S(=O)(=O)OC1=C(N)O[C@@]([B])(c2ccc(F)cc2)C1=O. The minimum atomic E-state index is -4.80. The van der Waals surface area contributed by atoms with Crippen LogP contribution in [0.5, 0.6) is 0 Å². The maximum absolute atomic E-state index is 13.1. The lowest BCUT2D eigenvalue weighted by atomic mass is 9.65. The molecule has 6 nitrogen and oxygen atoms in total. The van der Waals surface area contributed by atoms with Gasteiger partial charge in [-0.25, -0.2) is 4.39 Å². The van der Waals surface area contributed by atoms with Crippen LogP contribution in [0.3, 0.4) is 0 Å². The molecule has 1 aliphatic heterocycles. The van der Waals surface area contributed by atoms with Crippen LogP contribution >= 0.6 is 0 Å². The maximum atomic E-state index is 13.1. The van der Waals surface area contributed by atoms with Gasteiger partial charge in [0.2, 0.25) is 17.4 Å². The fraction of sp³-hybridized carbons (Fsp3) is 0.118. The monoisotopic (exact) mass is 393 g/mol. The molecule has 6 radical (unpaired) electrons. The zero-order valence-electron chi connectivity index (χ0n) is 14.3. The van der Waals surface area contributed by atoms with Crippen molar-refractivity contribution in [2.45, 2.75) is 10.0 Å². The Morgan fingerprint density at radius 1 is 1.07 bits per heavy atom. The van der Waals surface area contributed by atoms with E-state index in [2.05, 4.69) is 0 Å². The summed E-state index contributed by atoms with van der Waals surface area (Å²) in [4.78, 5) is 12.7. The van der Waals surface area contributed by atoms with Gasteiger partial charge in [0.15, 0.2) is 5.50 Å². The zero-order chi connectivity index (χ0) is 20.7. The third kappa shape index (κ3) is 3.19. The van der Waals surface area contributed by atoms with E-state index in [1.165, 1.54) is 36.4 Å². The zero-order valence-corrected chi connectivity index (χ0v) is 15.1. The molecule has 1 aliphatic rings. The second kappa shape index (κ2) is 6.74. The number of ketones is 1. The van der Waals surface area contributed by atoms with Crippen molar-refractivity contribution in [1.29, 1.82) is 0 Å². The molecule has 3 rings (SSSR count). The topological polar surface area (TPSA) is 95.7 Å². The maximum Gasteiger partial charge on any atom is 0.302 e. The first kappa shape index (κ1) is 20.1. The number of rotatable bonds is 5. The van der Waals surface area contributed by atoms with E-state index >= 15 is 0 Å². The number of benzene rings is 2. The summed E-state index contributed by atoms with van der Waals surface area (Å²) in [5.74, 6) is -3.21. The molecular formula is C17H11B3FNO5S. The molecule has 0 amide bonds. The lowest BCUT2D eigenvalue weighted by Crippen LogP contribution is -2.40. The number of nitrogens with two attached hydrogens (primary N) is 1. The highest BCUT2D eigenvalue weighted by Gasteiger charge is 2.50. The van der Waals surface area contributed by atoms with Gasteiger partial charge >= 0.3 is 10.1 Å². The first-order chi connectivity index (χ1) is 13.0. The third-order valence-electron chi connectivity index (χ3n) is 4.14. The fourth-order valence-electron chi connectivity index (χ4n) is 2.53. The van der Waals surface area contributed by atoms with E-state index in [1.807, 2.05) is 0 Å². The van der Waals surface area contributed by atoms with E-state index in [1.54, 1.807) is 6.07 Å². The highest BCUT2D eigenvalue weighted by Crippen LogP contribution is 2.37. The summed E-state index contributed by atoms with van der Waals surface area (Å²) >= 11 is 0. The molecule has 28 heavy (non-hydrogen) atoms. The minimum Gasteiger partial charge on any atom is -0.467 e. The number of Topliss-reactive ketones (excluding diaryl/α,β-unsaturated/α-hetero) is 1. The molecule has 136 valence electrons. The Bertz CT molecular complexity index is 1060. The number of halogens is 1. The van der Waals surface area contributed by atoms with Crippen molar-refractivity contribution in [1.82, 2.24) is 0 Å². The van der Waals surface area contributed by atoms with Gasteiger partial charge in [-0.1, -0.05) is 42.5 Å². The van der Waals surface area contributed by atoms with E-state index in [0.717, 1.165) is 12.1 Å². The second-order valence-corrected chi connectivity index (χ2v) is 7.81. The first-order valence-corrected chi connectivity index (χ1v) is 9.25. The van der Waals surface area contributed by atoms with Gasteiger partial charge in [-0.2, -0.15) is 8.42 Å². The van der Waals surface area contributed by atoms with Crippen LogP contribution in [-0.2, 0) is 33.9 Å². The average Bonchev–Trinajstić information content (AvgIpc) is 2.86. The fourth-order valence-corrected chi connectivity index (χ4v) is 3.47. The first-order valence-electron chi connectivity index (χ1n) is 7.85. The van der Waals surface area contributed by atoms with E-state index < -0.39 is 43.4 Å². The van der Waals surface area contributed by atoms with Crippen LogP contribution in [0.2, 0.25) is 0 Å². The number of carbonyl (C=O) groups excluding carboxylic acids is 1. The molecule has 0 bridgehead atoms. The van der Waals surface area contributed by atoms with Gasteiger partial charge in [0.1, 0.15) is 13.7 Å². The Balaban J connectivity index is 1.93. The van der Waals surface area contributed by atoms with Crippen LogP contribution in [0.15, 0.2) is 66.2 Å². The normalized spacial score (nSPS) is 20.1. The number of hydrogen-bond donors (Lipinski definition) is 1. The second-order valence-electron chi connectivity index (χ2n) is 6.06. The van der Waals surface area contributed by atoms with Crippen molar-refractivity contribution in [3.05, 3.63) is 83.2 Å². The Morgan fingerprint density at radius 3 is 2.21 bits per heavy atom. The summed E-state index contributed by atoms with van der Waals surface area (Å²) < 4.78 is 45.9. The lowest BCUT2D eigenvalue weighted by molar-refractivity contribution is -0.126. The van der Waals surface area contributed by atoms with Crippen molar-refractivity contribution >= 4 is 39.4 Å². The Morgan fingerprint density at radius 2 is 1.64 bits per heavy atom. The van der Waals surface area contributed by atoms with Crippen LogP contribution in [0.4, 0.5) is 4.39 Å². The van der Waals surface area contributed by atoms with Crippen LogP contribution in [0.1, 0.15) is 11.1 Å². The molecule has 1 atom stereocenters. The Kier molecular flexibility index (Phi) is 4.83. The molecule has 1 heterocycles. The molecule has 0 fully saturated rings. The summed E-state index contributed by atoms with van der Waals surface area (Å²) in [6.07, 6.45) is 0. The van der Waals surface area contributed by atoms with Gasteiger partial charge in [0.25, 0.3) is 0 Å². The molecule has 0 spiro atoms. The predicted octanol–water partition coefficient (Wildman–Crippen LogP) is 0.368. The highest BCUT2D eigenvalue weighted by molar-refractivity contribution is 7.90. The molecule has 0 aliphatic carbocycles. The minimum absolute atomic E-state index is 0.0121. The quantitative estimate of drug-likeness (QED) is 0.583. The van der Waals surface area contributed by atoms with Gasteiger partial charge in [-0.05, 0) is 23.3 Å². The van der Waals surface area contributed by atoms with E-state index in [9.17, 15) is 17.6 Å². The van der Waals surface area contributed by atoms with E-state index in [4.69, 9.17) is 38.2 Å². The lowest BCUT2D eigenvalue weighted by Gasteiger charge is -2.26. The van der Waals surface area contributed by atoms with Gasteiger partial charge in [0, 0.05) is 0 Å². The highest BCUT2D eigenvalue weighted by atomic mass is 32.2. The summed E-state index contributed by atoms with van der Waals surface area (Å²) in [5.41, 5.74) is 3.47. The van der Waals surface area contributed by atoms with Crippen molar-refractivity contribution < 1.29 is 26.5 Å².